The molecular formula is C24H24N4O3. The average molecular weight is 416 g/mol. The molecule has 1 aliphatic heterocycles. The number of benzene rings is 2. The topological polar surface area (TPSA) is 83.6 Å². The van der Waals surface area contributed by atoms with Gasteiger partial charge in [0.05, 0.1) is 18.4 Å². The number of rotatable bonds is 5. The van der Waals surface area contributed by atoms with Crippen LogP contribution in [0.3, 0.4) is 0 Å². The Morgan fingerprint density at radius 1 is 0.968 bits per heavy atom. The van der Waals surface area contributed by atoms with Crippen LogP contribution in [0.2, 0.25) is 0 Å². The van der Waals surface area contributed by atoms with Crippen LogP contribution in [0.25, 0.3) is 11.1 Å². The van der Waals surface area contributed by atoms with Crippen LogP contribution in [0.15, 0.2) is 67.0 Å². The quantitative estimate of drug-likeness (QED) is 0.668. The number of pyridine rings is 1. The van der Waals surface area contributed by atoms with E-state index < -0.39 is 0 Å². The lowest BCUT2D eigenvalue weighted by molar-refractivity contribution is 0.0735. The lowest BCUT2D eigenvalue weighted by Crippen LogP contribution is -2.46. The molecule has 0 atom stereocenters. The summed E-state index contributed by atoms with van der Waals surface area (Å²) in [7, 11) is 1.56. The van der Waals surface area contributed by atoms with Crippen molar-refractivity contribution in [2.75, 3.05) is 38.6 Å². The van der Waals surface area contributed by atoms with Crippen LogP contribution in [-0.4, -0.2) is 55.0 Å². The Morgan fingerprint density at radius 2 is 1.71 bits per heavy atom. The van der Waals surface area contributed by atoms with Crippen molar-refractivity contribution in [3.05, 3.63) is 78.1 Å². The molecule has 2 N–H and O–H groups in total. The van der Waals surface area contributed by atoms with E-state index in [0.29, 0.717) is 35.7 Å². The van der Waals surface area contributed by atoms with Gasteiger partial charge in [-0.1, -0.05) is 24.3 Å². The zero-order valence-electron chi connectivity index (χ0n) is 17.3. The highest BCUT2D eigenvalue weighted by molar-refractivity contribution is 6.05. The van der Waals surface area contributed by atoms with E-state index in [1.807, 2.05) is 41.3 Å². The lowest BCUT2D eigenvalue weighted by Gasteiger charge is -2.27. The SMILES string of the molecule is COc1ccccc1NC(=O)c1cncc(-c2ccc(C(=O)N3CCNCC3)cc2)c1. The number of piperazine rings is 1. The predicted molar refractivity (Wildman–Crippen MR) is 119 cm³/mol. The van der Waals surface area contributed by atoms with Crippen LogP contribution in [0.5, 0.6) is 5.75 Å². The molecule has 0 bridgehead atoms. The van der Waals surface area contributed by atoms with Gasteiger partial charge >= 0.3 is 0 Å². The van der Waals surface area contributed by atoms with Gasteiger partial charge in [0, 0.05) is 49.7 Å². The summed E-state index contributed by atoms with van der Waals surface area (Å²) >= 11 is 0. The number of carbonyl (C=O) groups is 2. The molecule has 0 spiro atoms. The Labute approximate surface area is 181 Å². The molecule has 1 fully saturated rings. The number of nitrogens with zero attached hydrogens (tertiary/aromatic N) is 2. The molecule has 2 aromatic carbocycles. The highest BCUT2D eigenvalue weighted by Crippen LogP contribution is 2.25. The first kappa shape index (κ1) is 20.6. The number of amides is 2. The minimum Gasteiger partial charge on any atom is -0.495 e. The molecule has 1 saturated heterocycles. The summed E-state index contributed by atoms with van der Waals surface area (Å²) < 4.78 is 5.28. The van der Waals surface area contributed by atoms with Crippen LogP contribution in [0.1, 0.15) is 20.7 Å². The molecule has 2 heterocycles. The molecule has 1 aliphatic rings. The molecule has 7 nitrogen and oxygen atoms in total. The maximum Gasteiger partial charge on any atom is 0.257 e. The molecule has 0 radical (unpaired) electrons. The number of hydrogen-bond acceptors (Lipinski definition) is 5. The van der Waals surface area contributed by atoms with Crippen molar-refractivity contribution in [3.63, 3.8) is 0 Å². The van der Waals surface area contributed by atoms with Crippen LogP contribution in [0.4, 0.5) is 5.69 Å². The molecule has 7 heteroatoms. The third-order valence-electron chi connectivity index (χ3n) is 5.23. The maximum atomic E-state index is 12.7. The van der Waals surface area contributed by atoms with Gasteiger partial charge in [-0.3, -0.25) is 14.6 Å². The molecule has 0 saturated carbocycles. The monoisotopic (exact) mass is 416 g/mol. The van der Waals surface area contributed by atoms with Crippen molar-refractivity contribution in [1.29, 1.82) is 0 Å². The van der Waals surface area contributed by atoms with E-state index in [1.54, 1.807) is 31.5 Å². The summed E-state index contributed by atoms with van der Waals surface area (Å²) in [6.07, 6.45) is 3.23. The third kappa shape index (κ3) is 4.73. The van der Waals surface area contributed by atoms with Gasteiger partial charge in [-0.25, -0.2) is 0 Å². The van der Waals surface area contributed by atoms with E-state index in [0.717, 1.165) is 24.2 Å². The second-order valence-corrected chi connectivity index (χ2v) is 7.24. The van der Waals surface area contributed by atoms with Crippen LogP contribution in [-0.2, 0) is 0 Å². The summed E-state index contributed by atoms with van der Waals surface area (Å²) in [5.74, 6) is 0.352. The molecule has 31 heavy (non-hydrogen) atoms. The number of carbonyl (C=O) groups excluding carboxylic acids is 2. The summed E-state index contributed by atoms with van der Waals surface area (Å²) in [4.78, 5) is 31.4. The van der Waals surface area contributed by atoms with E-state index in [2.05, 4.69) is 15.6 Å². The van der Waals surface area contributed by atoms with Crippen molar-refractivity contribution in [1.82, 2.24) is 15.2 Å². The highest BCUT2D eigenvalue weighted by atomic mass is 16.5. The Balaban J connectivity index is 1.50. The minimum atomic E-state index is -0.274. The van der Waals surface area contributed by atoms with E-state index >= 15 is 0 Å². The van der Waals surface area contributed by atoms with Gasteiger partial charge in [0.1, 0.15) is 5.75 Å². The average Bonchev–Trinajstić information content (AvgIpc) is 2.84. The van der Waals surface area contributed by atoms with Gasteiger partial charge in [-0.15, -0.1) is 0 Å². The number of aromatic nitrogens is 1. The fourth-order valence-electron chi connectivity index (χ4n) is 3.52. The first-order valence-corrected chi connectivity index (χ1v) is 10.2. The zero-order chi connectivity index (χ0) is 21.6. The molecule has 0 aliphatic carbocycles. The summed E-state index contributed by atoms with van der Waals surface area (Å²) in [6.45, 7) is 3.07. The summed E-state index contributed by atoms with van der Waals surface area (Å²) in [6, 6.07) is 16.4. The number of anilines is 1. The fraction of sp³-hybridized carbons (Fsp3) is 0.208. The molecule has 1 aromatic heterocycles. The van der Waals surface area contributed by atoms with Crippen LogP contribution in [0, 0.1) is 0 Å². The fourth-order valence-corrected chi connectivity index (χ4v) is 3.52. The number of para-hydroxylation sites is 2. The summed E-state index contributed by atoms with van der Waals surface area (Å²) in [5.41, 5.74) is 3.37. The van der Waals surface area contributed by atoms with Gasteiger partial charge in [0.15, 0.2) is 0 Å². The van der Waals surface area contributed by atoms with Crippen LogP contribution < -0.4 is 15.4 Å². The summed E-state index contributed by atoms with van der Waals surface area (Å²) in [5, 5.41) is 6.10. The van der Waals surface area contributed by atoms with E-state index in [4.69, 9.17) is 4.74 Å². The highest BCUT2D eigenvalue weighted by Gasteiger charge is 2.18. The second-order valence-electron chi connectivity index (χ2n) is 7.24. The van der Waals surface area contributed by atoms with Crippen molar-refractivity contribution >= 4 is 17.5 Å². The second kappa shape index (κ2) is 9.40. The molecule has 158 valence electrons. The Bertz CT molecular complexity index is 1080. The first-order chi connectivity index (χ1) is 15.2. The van der Waals surface area contributed by atoms with Gasteiger partial charge in [-0.05, 0) is 35.9 Å². The number of methoxy groups -OCH3 is 1. The zero-order valence-corrected chi connectivity index (χ0v) is 17.3. The number of nitrogens with one attached hydrogen (secondary N) is 2. The molecule has 0 unspecified atom stereocenters. The van der Waals surface area contributed by atoms with Gasteiger partial charge < -0.3 is 20.3 Å². The lowest BCUT2D eigenvalue weighted by atomic mass is 10.0. The Morgan fingerprint density at radius 3 is 2.45 bits per heavy atom. The van der Waals surface area contributed by atoms with Gasteiger partial charge in [0.2, 0.25) is 0 Å². The van der Waals surface area contributed by atoms with E-state index in [-0.39, 0.29) is 11.8 Å². The van der Waals surface area contributed by atoms with Crippen molar-refractivity contribution in [2.45, 2.75) is 0 Å². The van der Waals surface area contributed by atoms with E-state index in [9.17, 15) is 9.59 Å². The number of ether oxygens (including phenoxy) is 1. The third-order valence-corrected chi connectivity index (χ3v) is 5.23. The molecule has 2 amide bonds. The minimum absolute atomic E-state index is 0.0381. The largest absolute Gasteiger partial charge is 0.495 e. The maximum absolute atomic E-state index is 12.7. The predicted octanol–water partition coefficient (Wildman–Crippen LogP) is 3.05. The van der Waals surface area contributed by atoms with Gasteiger partial charge in [-0.2, -0.15) is 0 Å². The standard InChI is InChI=1S/C24H24N4O3/c1-31-22-5-3-2-4-21(22)27-23(29)20-14-19(15-26-16-20)17-6-8-18(9-7-17)24(30)28-12-10-25-11-13-28/h2-9,14-16,25H,10-13H2,1H3,(H,27,29). The smallest absolute Gasteiger partial charge is 0.257 e. The molecule has 3 aromatic rings. The first-order valence-electron chi connectivity index (χ1n) is 10.2. The van der Waals surface area contributed by atoms with Crippen LogP contribution >= 0.6 is 0 Å². The molecular weight excluding hydrogens is 392 g/mol. The van der Waals surface area contributed by atoms with E-state index in [1.165, 1.54) is 6.20 Å². The van der Waals surface area contributed by atoms with Crippen molar-refractivity contribution in [2.24, 2.45) is 0 Å². The normalized spacial score (nSPS) is 13.5. The molecule has 4 rings (SSSR count). The Kier molecular flexibility index (Phi) is 6.24. The number of hydrogen-bond donors (Lipinski definition) is 2. The Hall–Kier alpha value is -3.71. The van der Waals surface area contributed by atoms with Crippen molar-refractivity contribution < 1.29 is 14.3 Å². The van der Waals surface area contributed by atoms with Gasteiger partial charge in [0.25, 0.3) is 11.8 Å². The van der Waals surface area contributed by atoms with Crippen molar-refractivity contribution in [3.8, 4) is 16.9 Å².